The van der Waals surface area contributed by atoms with Crippen LogP contribution >= 0.6 is 24.0 Å². The van der Waals surface area contributed by atoms with Crippen molar-refractivity contribution >= 4 is 46.2 Å². The predicted octanol–water partition coefficient (Wildman–Crippen LogP) is 3.89. The van der Waals surface area contributed by atoms with Crippen molar-refractivity contribution in [3.05, 3.63) is 40.3 Å². The molecule has 1 heterocycles. The number of hydrogen-bond donors (Lipinski definition) is 1. The summed E-state index contributed by atoms with van der Waals surface area (Å²) in [6.07, 6.45) is 2.84. The van der Waals surface area contributed by atoms with Crippen molar-refractivity contribution in [2.75, 3.05) is 6.54 Å². The lowest BCUT2D eigenvalue weighted by molar-refractivity contribution is -0.124. The summed E-state index contributed by atoms with van der Waals surface area (Å²) in [5, 5.41) is 2.92. The standard InChI is InChI=1S/C19H24N2O2S2/c1-13-7-9-14(10-8-13)12-15-17(23)21(18(24)25-15)11-5-6-16(22)20-19(2,3)4/h7-10,12H,5-6,11H2,1-4H3,(H,20,22)/b15-12-. The molecule has 4 nitrogen and oxygen atoms in total. The molecule has 1 aliphatic heterocycles. The van der Waals surface area contributed by atoms with Gasteiger partial charge < -0.3 is 5.32 Å². The van der Waals surface area contributed by atoms with E-state index in [1.807, 2.05) is 58.0 Å². The van der Waals surface area contributed by atoms with Crippen molar-refractivity contribution in [2.24, 2.45) is 0 Å². The van der Waals surface area contributed by atoms with E-state index >= 15 is 0 Å². The zero-order valence-electron chi connectivity index (χ0n) is 15.1. The average molecular weight is 377 g/mol. The molecular formula is C19H24N2O2S2. The Labute approximate surface area is 159 Å². The number of aryl methyl sites for hydroxylation is 1. The summed E-state index contributed by atoms with van der Waals surface area (Å²) >= 11 is 6.64. The molecule has 2 amide bonds. The monoisotopic (exact) mass is 376 g/mol. The molecule has 1 aromatic carbocycles. The van der Waals surface area contributed by atoms with Crippen molar-refractivity contribution in [2.45, 2.75) is 46.1 Å². The Kier molecular flexibility index (Phi) is 6.41. The number of carbonyl (C=O) groups is 2. The molecule has 6 heteroatoms. The molecular weight excluding hydrogens is 352 g/mol. The number of rotatable bonds is 5. The summed E-state index contributed by atoms with van der Waals surface area (Å²) < 4.78 is 0.555. The Morgan fingerprint density at radius 2 is 1.92 bits per heavy atom. The highest BCUT2D eigenvalue weighted by molar-refractivity contribution is 8.26. The zero-order chi connectivity index (χ0) is 18.6. The number of nitrogens with one attached hydrogen (secondary N) is 1. The molecule has 0 aromatic heterocycles. The van der Waals surface area contributed by atoms with Crippen LogP contribution < -0.4 is 5.32 Å². The summed E-state index contributed by atoms with van der Waals surface area (Å²) in [7, 11) is 0. The lowest BCUT2D eigenvalue weighted by atomic mass is 10.1. The van der Waals surface area contributed by atoms with E-state index in [-0.39, 0.29) is 17.4 Å². The number of benzene rings is 1. The van der Waals surface area contributed by atoms with Gasteiger partial charge in [0.25, 0.3) is 5.91 Å². The summed E-state index contributed by atoms with van der Waals surface area (Å²) in [6, 6.07) is 8.00. The lowest BCUT2D eigenvalue weighted by Gasteiger charge is -2.21. The maximum Gasteiger partial charge on any atom is 0.266 e. The third-order valence-corrected chi connectivity index (χ3v) is 4.93. The van der Waals surface area contributed by atoms with E-state index in [2.05, 4.69) is 5.32 Å². The number of thioether (sulfide) groups is 1. The van der Waals surface area contributed by atoms with Crippen molar-refractivity contribution in [1.29, 1.82) is 0 Å². The largest absolute Gasteiger partial charge is 0.352 e. The quantitative estimate of drug-likeness (QED) is 0.626. The Morgan fingerprint density at radius 1 is 1.28 bits per heavy atom. The van der Waals surface area contributed by atoms with Gasteiger partial charge >= 0.3 is 0 Å². The van der Waals surface area contributed by atoms with Crippen LogP contribution in [0.4, 0.5) is 0 Å². The first-order valence-electron chi connectivity index (χ1n) is 8.29. The molecule has 1 aromatic rings. The van der Waals surface area contributed by atoms with Crippen LogP contribution in [0.2, 0.25) is 0 Å². The maximum atomic E-state index is 12.5. The Bertz CT molecular complexity index is 703. The molecule has 1 fully saturated rings. The fourth-order valence-electron chi connectivity index (χ4n) is 2.39. The SMILES string of the molecule is Cc1ccc(/C=C2\SC(=S)N(CCCC(=O)NC(C)(C)C)C2=O)cc1. The molecule has 0 aliphatic carbocycles. The van der Waals surface area contributed by atoms with Crippen LogP contribution in [-0.2, 0) is 9.59 Å². The minimum Gasteiger partial charge on any atom is -0.352 e. The second-order valence-electron chi connectivity index (χ2n) is 7.15. The molecule has 2 rings (SSSR count). The number of hydrogen-bond acceptors (Lipinski definition) is 4. The van der Waals surface area contributed by atoms with Crippen molar-refractivity contribution in [3.8, 4) is 0 Å². The second-order valence-corrected chi connectivity index (χ2v) is 8.82. The van der Waals surface area contributed by atoms with Gasteiger partial charge in [-0.05, 0) is 45.8 Å². The highest BCUT2D eigenvalue weighted by atomic mass is 32.2. The fourth-order valence-corrected chi connectivity index (χ4v) is 3.69. The molecule has 0 atom stereocenters. The van der Waals surface area contributed by atoms with Gasteiger partial charge in [-0.25, -0.2) is 0 Å². The fraction of sp³-hybridized carbons (Fsp3) is 0.421. The highest BCUT2D eigenvalue weighted by Crippen LogP contribution is 2.32. The van der Waals surface area contributed by atoms with Gasteiger partial charge in [-0.3, -0.25) is 14.5 Å². The van der Waals surface area contributed by atoms with Gasteiger partial charge in [-0.2, -0.15) is 0 Å². The van der Waals surface area contributed by atoms with E-state index in [1.54, 1.807) is 4.90 Å². The average Bonchev–Trinajstić information content (AvgIpc) is 2.75. The van der Waals surface area contributed by atoms with Crippen LogP contribution in [0.5, 0.6) is 0 Å². The summed E-state index contributed by atoms with van der Waals surface area (Å²) in [4.78, 5) is 26.6. The van der Waals surface area contributed by atoms with Crippen molar-refractivity contribution in [3.63, 3.8) is 0 Å². The zero-order valence-corrected chi connectivity index (χ0v) is 16.7. The molecule has 25 heavy (non-hydrogen) atoms. The van der Waals surface area contributed by atoms with E-state index in [0.29, 0.717) is 28.6 Å². The lowest BCUT2D eigenvalue weighted by Crippen LogP contribution is -2.40. The van der Waals surface area contributed by atoms with Crippen molar-refractivity contribution < 1.29 is 9.59 Å². The van der Waals surface area contributed by atoms with Crippen LogP contribution in [0.1, 0.15) is 44.7 Å². The predicted molar refractivity (Wildman–Crippen MR) is 108 cm³/mol. The molecule has 0 bridgehead atoms. The third kappa shape index (κ3) is 5.97. The molecule has 0 radical (unpaired) electrons. The minimum atomic E-state index is -0.240. The molecule has 134 valence electrons. The van der Waals surface area contributed by atoms with Gasteiger partial charge in [0.15, 0.2) is 0 Å². The smallest absolute Gasteiger partial charge is 0.266 e. The molecule has 1 aliphatic rings. The van der Waals surface area contributed by atoms with Crippen LogP contribution in [-0.4, -0.2) is 33.1 Å². The molecule has 0 unspecified atom stereocenters. The number of thiocarbonyl (C=S) groups is 1. The van der Waals surface area contributed by atoms with E-state index < -0.39 is 0 Å². The minimum absolute atomic E-state index is 0.00635. The molecule has 1 N–H and O–H groups in total. The van der Waals surface area contributed by atoms with Gasteiger partial charge in [-0.1, -0.05) is 53.8 Å². The first-order chi connectivity index (χ1) is 11.7. The van der Waals surface area contributed by atoms with E-state index in [0.717, 1.165) is 5.56 Å². The Hall–Kier alpha value is -1.66. The molecule has 1 saturated heterocycles. The highest BCUT2D eigenvalue weighted by Gasteiger charge is 2.31. The first-order valence-corrected chi connectivity index (χ1v) is 9.51. The maximum absolute atomic E-state index is 12.5. The van der Waals surface area contributed by atoms with E-state index in [1.165, 1.54) is 17.3 Å². The number of amides is 2. The molecule has 0 spiro atoms. The normalized spacial score (nSPS) is 16.6. The first kappa shape index (κ1) is 19.7. The van der Waals surface area contributed by atoms with E-state index in [9.17, 15) is 9.59 Å². The topological polar surface area (TPSA) is 49.4 Å². The van der Waals surface area contributed by atoms with Crippen LogP contribution in [0.3, 0.4) is 0 Å². The number of nitrogens with zero attached hydrogens (tertiary/aromatic N) is 1. The summed E-state index contributed by atoms with van der Waals surface area (Å²) in [6.45, 7) is 8.33. The van der Waals surface area contributed by atoms with Gasteiger partial charge in [0.1, 0.15) is 4.32 Å². The van der Waals surface area contributed by atoms with Gasteiger partial charge in [0.05, 0.1) is 4.91 Å². The van der Waals surface area contributed by atoms with Crippen LogP contribution in [0.15, 0.2) is 29.2 Å². The number of carbonyl (C=O) groups excluding carboxylic acids is 2. The Balaban J connectivity index is 1.93. The summed E-state index contributed by atoms with van der Waals surface area (Å²) in [5.41, 5.74) is 1.92. The molecule has 0 saturated carbocycles. The van der Waals surface area contributed by atoms with Crippen LogP contribution in [0.25, 0.3) is 6.08 Å². The Morgan fingerprint density at radius 3 is 2.52 bits per heavy atom. The van der Waals surface area contributed by atoms with E-state index in [4.69, 9.17) is 12.2 Å². The van der Waals surface area contributed by atoms with Gasteiger partial charge in [0.2, 0.25) is 5.91 Å². The van der Waals surface area contributed by atoms with Gasteiger partial charge in [-0.15, -0.1) is 0 Å². The van der Waals surface area contributed by atoms with Gasteiger partial charge in [0, 0.05) is 18.5 Å². The third-order valence-electron chi connectivity index (χ3n) is 3.55. The van der Waals surface area contributed by atoms with Crippen LogP contribution in [0, 0.1) is 6.92 Å². The summed E-state index contributed by atoms with van der Waals surface area (Å²) in [5.74, 6) is -0.0834. The second kappa shape index (κ2) is 8.15. The van der Waals surface area contributed by atoms with Crippen molar-refractivity contribution in [1.82, 2.24) is 10.2 Å².